The van der Waals surface area contributed by atoms with Crippen LogP contribution in [0.3, 0.4) is 0 Å². The van der Waals surface area contributed by atoms with E-state index in [1.54, 1.807) is 0 Å². The minimum absolute atomic E-state index is 0.313. The Bertz CT molecular complexity index is 1240. The number of nitrogens with zero attached hydrogens (tertiary/aromatic N) is 1. The van der Waals surface area contributed by atoms with E-state index in [1.165, 1.54) is 22.3 Å². The van der Waals surface area contributed by atoms with Gasteiger partial charge in [0, 0.05) is 29.6 Å². The molecule has 3 aromatic carbocycles. The Morgan fingerprint density at radius 1 is 0.857 bits per heavy atom. The lowest BCUT2D eigenvalue weighted by atomic mass is 9.74. The van der Waals surface area contributed by atoms with Crippen LogP contribution >= 0.6 is 0 Å². The molecule has 4 heteroatoms. The SMILES string of the molecule is O[C@H](COc1cccc2[nH]ccc12)CN1CCC(C2c3ccccc3CCc3ccccc32)CC1. The van der Waals surface area contributed by atoms with Crippen molar-refractivity contribution in [1.29, 1.82) is 0 Å². The zero-order valence-corrected chi connectivity index (χ0v) is 20.2. The van der Waals surface area contributed by atoms with Crippen molar-refractivity contribution in [2.75, 3.05) is 26.2 Å². The summed E-state index contributed by atoms with van der Waals surface area (Å²) in [7, 11) is 0. The number of hydrogen-bond donors (Lipinski definition) is 2. The lowest BCUT2D eigenvalue weighted by Crippen LogP contribution is -2.41. The molecule has 1 atom stereocenters. The Morgan fingerprint density at radius 2 is 1.54 bits per heavy atom. The second-order valence-electron chi connectivity index (χ2n) is 10.2. The van der Waals surface area contributed by atoms with E-state index in [0.29, 0.717) is 25.0 Å². The highest BCUT2D eigenvalue weighted by molar-refractivity contribution is 5.85. The third-order valence-electron chi connectivity index (χ3n) is 8.00. The first-order chi connectivity index (χ1) is 17.3. The smallest absolute Gasteiger partial charge is 0.128 e. The van der Waals surface area contributed by atoms with Crippen molar-refractivity contribution in [3.8, 4) is 5.75 Å². The van der Waals surface area contributed by atoms with E-state index in [2.05, 4.69) is 58.4 Å². The average Bonchev–Trinajstić information content (AvgIpc) is 3.32. The van der Waals surface area contributed by atoms with Gasteiger partial charge in [0.2, 0.25) is 0 Å². The number of fused-ring (bicyclic) bond motifs is 3. The number of H-pyrrole nitrogens is 1. The van der Waals surface area contributed by atoms with Gasteiger partial charge < -0.3 is 19.7 Å². The van der Waals surface area contributed by atoms with Crippen molar-refractivity contribution in [3.05, 3.63) is 101 Å². The molecule has 4 nitrogen and oxygen atoms in total. The van der Waals surface area contributed by atoms with Crippen LogP contribution < -0.4 is 4.74 Å². The van der Waals surface area contributed by atoms with E-state index in [1.807, 2.05) is 30.5 Å². The van der Waals surface area contributed by atoms with Crippen molar-refractivity contribution in [2.24, 2.45) is 5.92 Å². The van der Waals surface area contributed by atoms with Gasteiger partial charge in [0.25, 0.3) is 0 Å². The third kappa shape index (κ3) is 4.61. The molecule has 1 saturated heterocycles. The van der Waals surface area contributed by atoms with Crippen LogP contribution in [0.4, 0.5) is 0 Å². The predicted molar refractivity (Wildman–Crippen MR) is 141 cm³/mol. The standard InChI is InChI=1S/C31H34N2O2/c34-25(21-35-30-11-5-10-29-28(30)14-17-32-29)20-33-18-15-24(16-19-33)31-26-8-3-1-6-22(26)12-13-23-7-2-4-9-27(23)31/h1-11,14,17,24-25,31-32,34H,12-13,15-16,18-21H2/t25-/m0/s1. The van der Waals surface area contributed by atoms with E-state index < -0.39 is 6.10 Å². The number of aromatic nitrogens is 1. The summed E-state index contributed by atoms with van der Waals surface area (Å²) in [6.07, 6.45) is 5.99. The van der Waals surface area contributed by atoms with Gasteiger partial charge in [-0.15, -0.1) is 0 Å². The molecule has 0 radical (unpaired) electrons. The molecule has 0 saturated carbocycles. The number of benzene rings is 3. The fourth-order valence-electron chi connectivity index (χ4n) is 6.26. The predicted octanol–water partition coefficient (Wildman–Crippen LogP) is 5.55. The largest absolute Gasteiger partial charge is 0.490 e. The van der Waals surface area contributed by atoms with Gasteiger partial charge in [-0.3, -0.25) is 0 Å². The Labute approximate surface area is 207 Å². The van der Waals surface area contributed by atoms with Crippen LogP contribution in [0.5, 0.6) is 5.75 Å². The summed E-state index contributed by atoms with van der Waals surface area (Å²) in [4.78, 5) is 5.62. The number of likely N-dealkylation sites (tertiary alicyclic amines) is 1. The fourth-order valence-corrected chi connectivity index (χ4v) is 6.26. The van der Waals surface area contributed by atoms with Crippen molar-refractivity contribution in [3.63, 3.8) is 0 Å². The number of nitrogens with one attached hydrogen (secondary N) is 1. The maximum atomic E-state index is 10.7. The van der Waals surface area contributed by atoms with Crippen LogP contribution in [-0.4, -0.2) is 47.3 Å². The molecule has 1 aliphatic carbocycles. The first-order valence-electron chi connectivity index (χ1n) is 13.0. The molecule has 35 heavy (non-hydrogen) atoms. The summed E-state index contributed by atoms with van der Waals surface area (Å²) in [6, 6.07) is 26.2. The van der Waals surface area contributed by atoms with Crippen LogP contribution in [0.25, 0.3) is 10.9 Å². The molecular formula is C31H34N2O2. The maximum absolute atomic E-state index is 10.7. The van der Waals surface area contributed by atoms with E-state index in [4.69, 9.17) is 4.74 Å². The highest BCUT2D eigenvalue weighted by Gasteiger charge is 2.33. The average molecular weight is 467 g/mol. The van der Waals surface area contributed by atoms with E-state index in [0.717, 1.165) is 55.4 Å². The van der Waals surface area contributed by atoms with Gasteiger partial charge in [-0.1, -0.05) is 54.6 Å². The zero-order valence-electron chi connectivity index (χ0n) is 20.2. The Balaban J connectivity index is 1.10. The number of aryl methyl sites for hydroxylation is 2. The first-order valence-corrected chi connectivity index (χ1v) is 13.0. The summed E-state index contributed by atoms with van der Waals surface area (Å²) in [5, 5.41) is 11.8. The van der Waals surface area contributed by atoms with Gasteiger partial charge in [-0.25, -0.2) is 0 Å². The van der Waals surface area contributed by atoms with Gasteiger partial charge in [-0.05, 0) is 85.1 Å². The molecule has 2 N–H and O–H groups in total. The van der Waals surface area contributed by atoms with Gasteiger partial charge in [-0.2, -0.15) is 0 Å². The normalized spacial score (nSPS) is 18.1. The topological polar surface area (TPSA) is 48.5 Å². The van der Waals surface area contributed by atoms with Crippen LogP contribution in [0, 0.1) is 5.92 Å². The molecule has 0 spiro atoms. The van der Waals surface area contributed by atoms with Gasteiger partial charge in [0.05, 0.1) is 0 Å². The highest BCUT2D eigenvalue weighted by Crippen LogP contribution is 2.43. The first kappa shape index (κ1) is 22.4. The second kappa shape index (κ2) is 9.88. The van der Waals surface area contributed by atoms with Crippen molar-refractivity contribution < 1.29 is 9.84 Å². The van der Waals surface area contributed by atoms with E-state index in [9.17, 15) is 5.11 Å². The summed E-state index contributed by atoms with van der Waals surface area (Å²) >= 11 is 0. The molecule has 6 rings (SSSR count). The number of piperidine rings is 1. The van der Waals surface area contributed by atoms with Gasteiger partial charge in [0.15, 0.2) is 0 Å². The highest BCUT2D eigenvalue weighted by atomic mass is 16.5. The maximum Gasteiger partial charge on any atom is 0.128 e. The van der Waals surface area contributed by atoms with E-state index in [-0.39, 0.29) is 0 Å². The van der Waals surface area contributed by atoms with Crippen molar-refractivity contribution in [2.45, 2.75) is 37.7 Å². The fraction of sp³-hybridized carbons (Fsp3) is 0.355. The minimum Gasteiger partial charge on any atom is -0.490 e. The van der Waals surface area contributed by atoms with Crippen molar-refractivity contribution >= 4 is 10.9 Å². The number of aromatic amines is 1. The lowest BCUT2D eigenvalue weighted by molar-refractivity contribution is 0.0542. The molecule has 1 aromatic heterocycles. The molecule has 1 fully saturated rings. The minimum atomic E-state index is -0.500. The Hall–Kier alpha value is -3.08. The molecular weight excluding hydrogens is 432 g/mol. The van der Waals surface area contributed by atoms with Crippen LogP contribution in [-0.2, 0) is 12.8 Å². The molecule has 4 aromatic rings. The number of rotatable bonds is 6. The quantitative estimate of drug-likeness (QED) is 0.392. The lowest BCUT2D eigenvalue weighted by Gasteiger charge is -2.37. The molecule has 2 heterocycles. The van der Waals surface area contributed by atoms with Crippen LogP contribution in [0.1, 0.15) is 41.0 Å². The number of aliphatic hydroxyl groups excluding tert-OH is 1. The monoisotopic (exact) mass is 466 g/mol. The van der Waals surface area contributed by atoms with Crippen LogP contribution in [0.2, 0.25) is 0 Å². The molecule has 0 bridgehead atoms. The molecule has 0 unspecified atom stereocenters. The second-order valence-corrected chi connectivity index (χ2v) is 10.2. The molecule has 180 valence electrons. The number of β-amino-alcohol motifs (C(OH)–C–C–N with tert-alkyl or cyclic N) is 1. The van der Waals surface area contributed by atoms with Gasteiger partial charge in [0.1, 0.15) is 18.5 Å². The Morgan fingerprint density at radius 3 is 2.26 bits per heavy atom. The number of aliphatic hydroxyl groups is 1. The molecule has 2 aliphatic rings. The zero-order chi connectivity index (χ0) is 23.6. The number of ether oxygens (including phenoxy) is 1. The Kier molecular flexibility index (Phi) is 6.32. The third-order valence-corrected chi connectivity index (χ3v) is 8.00. The summed E-state index contributed by atoms with van der Waals surface area (Å²) < 4.78 is 5.99. The van der Waals surface area contributed by atoms with Crippen molar-refractivity contribution in [1.82, 2.24) is 9.88 Å². The van der Waals surface area contributed by atoms with Crippen LogP contribution in [0.15, 0.2) is 79.0 Å². The summed E-state index contributed by atoms with van der Waals surface area (Å²) in [5.74, 6) is 1.93. The molecule has 0 amide bonds. The molecule has 1 aliphatic heterocycles. The summed E-state index contributed by atoms with van der Waals surface area (Å²) in [5.41, 5.74) is 7.15. The van der Waals surface area contributed by atoms with E-state index >= 15 is 0 Å². The number of hydrogen-bond acceptors (Lipinski definition) is 3. The summed E-state index contributed by atoms with van der Waals surface area (Å²) in [6.45, 7) is 3.02. The van der Waals surface area contributed by atoms with Gasteiger partial charge >= 0.3 is 0 Å².